The Bertz CT molecular complexity index is 775. The van der Waals surface area contributed by atoms with Gasteiger partial charge < -0.3 is 0 Å². The summed E-state index contributed by atoms with van der Waals surface area (Å²) in [7, 11) is 0. The van der Waals surface area contributed by atoms with Crippen molar-refractivity contribution in [1.82, 2.24) is 9.61 Å². The number of aromatic nitrogens is 2. The largest absolute Gasteiger partial charge is 0.233 e. The van der Waals surface area contributed by atoms with Crippen molar-refractivity contribution in [3.8, 4) is 11.3 Å². The van der Waals surface area contributed by atoms with Gasteiger partial charge in [0, 0.05) is 10.6 Å². The summed E-state index contributed by atoms with van der Waals surface area (Å²) in [5.74, 6) is 0. The Kier molecular flexibility index (Phi) is 3.00. The average Bonchev–Trinajstić information content (AvgIpc) is 2.66. The zero-order valence-corrected chi connectivity index (χ0v) is 12.1. The third-order valence-electron chi connectivity index (χ3n) is 3.35. The third-order valence-corrected chi connectivity index (χ3v) is 3.90. The van der Waals surface area contributed by atoms with Gasteiger partial charge in [-0.25, -0.2) is 4.52 Å². The van der Waals surface area contributed by atoms with Crippen molar-refractivity contribution in [3.05, 3.63) is 57.7 Å². The maximum Gasteiger partial charge on any atom is 0.0740 e. The second-order valence-corrected chi connectivity index (χ2v) is 5.39. The summed E-state index contributed by atoms with van der Waals surface area (Å²) in [6.07, 6.45) is 0. The molecule has 0 bridgehead atoms. The summed E-state index contributed by atoms with van der Waals surface area (Å²) >= 11 is 12.2. The molecule has 0 fully saturated rings. The lowest BCUT2D eigenvalue weighted by Gasteiger charge is -2.07. The van der Waals surface area contributed by atoms with Crippen molar-refractivity contribution >= 4 is 28.7 Å². The van der Waals surface area contributed by atoms with Gasteiger partial charge in [0.25, 0.3) is 0 Å². The molecule has 0 radical (unpaired) electrons. The number of aryl methyl sites for hydroxylation is 2. The highest BCUT2D eigenvalue weighted by molar-refractivity contribution is 6.36. The summed E-state index contributed by atoms with van der Waals surface area (Å²) in [6, 6.07) is 11.6. The van der Waals surface area contributed by atoms with Crippen molar-refractivity contribution in [1.29, 1.82) is 0 Å². The number of benzene rings is 1. The number of halogens is 2. The predicted octanol–water partition coefficient (Wildman–Crippen LogP) is 4.92. The molecule has 0 N–H and O–H groups in total. The lowest BCUT2D eigenvalue weighted by Crippen LogP contribution is -1.94. The van der Waals surface area contributed by atoms with E-state index in [2.05, 4.69) is 18.1 Å². The molecule has 0 aliphatic heterocycles. The zero-order valence-electron chi connectivity index (χ0n) is 10.6. The summed E-state index contributed by atoms with van der Waals surface area (Å²) < 4.78 is 1.93. The van der Waals surface area contributed by atoms with Crippen LogP contribution in [0.25, 0.3) is 16.8 Å². The molecule has 3 rings (SSSR count). The van der Waals surface area contributed by atoms with Crippen LogP contribution in [0.5, 0.6) is 0 Å². The highest BCUT2D eigenvalue weighted by Crippen LogP contribution is 2.31. The molecule has 2 heterocycles. The first-order valence-corrected chi connectivity index (χ1v) is 6.74. The van der Waals surface area contributed by atoms with E-state index in [1.807, 2.05) is 35.7 Å². The molecule has 0 unspecified atom stereocenters. The molecule has 2 aromatic heterocycles. The summed E-state index contributed by atoms with van der Waals surface area (Å²) in [4.78, 5) is 0. The summed E-state index contributed by atoms with van der Waals surface area (Å²) in [5, 5.41) is 5.84. The standard InChI is InChI=1S/C15H12Cl2N2/c1-9-10(2)18-19-14(9)4-3-5-15(19)12-7-6-11(16)8-13(12)17/h3-8H,1-2H3. The van der Waals surface area contributed by atoms with Gasteiger partial charge in [-0.15, -0.1) is 0 Å². The van der Waals surface area contributed by atoms with Gasteiger partial charge in [-0.05, 0) is 49.7 Å². The molecule has 0 saturated heterocycles. The maximum atomic E-state index is 6.29. The molecule has 0 spiro atoms. The number of nitrogens with zero attached hydrogens (tertiary/aromatic N) is 2. The van der Waals surface area contributed by atoms with Gasteiger partial charge in [0.05, 0.1) is 21.9 Å². The second kappa shape index (κ2) is 4.55. The maximum absolute atomic E-state index is 6.29. The Hall–Kier alpha value is -1.51. The average molecular weight is 291 g/mol. The topological polar surface area (TPSA) is 17.3 Å². The molecule has 0 saturated carbocycles. The number of hydrogen-bond acceptors (Lipinski definition) is 1. The number of hydrogen-bond donors (Lipinski definition) is 0. The van der Waals surface area contributed by atoms with Crippen LogP contribution in [-0.4, -0.2) is 9.61 Å². The second-order valence-electron chi connectivity index (χ2n) is 4.54. The van der Waals surface area contributed by atoms with E-state index in [1.165, 1.54) is 5.56 Å². The van der Waals surface area contributed by atoms with Crippen molar-refractivity contribution < 1.29 is 0 Å². The van der Waals surface area contributed by atoms with Crippen LogP contribution in [0.2, 0.25) is 10.0 Å². The first-order valence-electron chi connectivity index (χ1n) is 5.98. The normalized spacial score (nSPS) is 11.2. The molecule has 3 aromatic rings. The van der Waals surface area contributed by atoms with E-state index in [-0.39, 0.29) is 0 Å². The number of pyridine rings is 1. The van der Waals surface area contributed by atoms with Crippen LogP contribution in [0.1, 0.15) is 11.3 Å². The molecular weight excluding hydrogens is 279 g/mol. The Morgan fingerprint density at radius 1 is 1.05 bits per heavy atom. The van der Waals surface area contributed by atoms with Crippen LogP contribution < -0.4 is 0 Å². The van der Waals surface area contributed by atoms with Gasteiger partial charge in [0.2, 0.25) is 0 Å². The predicted molar refractivity (Wildman–Crippen MR) is 80.1 cm³/mol. The van der Waals surface area contributed by atoms with Crippen molar-refractivity contribution in [2.75, 3.05) is 0 Å². The van der Waals surface area contributed by atoms with E-state index in [4.69, 9.17) is 23.2 Å². The van der Waals surface area contributed by atoms with Crippen LogP contribution in [-0.2, 0) is 0 Å². The monoisotopic (exact) mass is 290 g/mol. The van der Waals surface area contributed by atoms with E-state index in [1.54, 1.807) is 6.07 Å². The molecule has 2 nitrogen and oxygen atoms in total. The molecule has 4 heteroatoms. The summed E-state index contributed by atoms with van der Waals surface area (Å²) in [5.41, 5.74) is 5.21. The number of fused-ring (bicyclic) bond motifs is 1. The smallest absolute Gasteiger partial charge is 0.0740 e. The quantitative estimate of drug-likeness (QED) is 0.621. The van der Waals surface area contributed by atoms with Crippen LogP contribution in [0, 0.1) is 13.8 Å². The van der Waals surface area contributed by atoms with Crippen LogP contribution in [0.4, 0.5) is 0 Å². The number of rotatable bonds is 1. The first-order chi connectivity index (χ1) is 9.08. The van der Waals surface area contributed by atoms with Gasteiger partial charge in [-0.2, -0.15) is 5.10 Å². The zero-order chi connectivity index (χ0) is 13.6. The van der Waals surface area contributed by atoms with Crippen LogP contribution in [0.3, 0.4) is 0 Å². The van der Waals surface area contributed by atoms with Gasteiger partial charge in [-0.1, -0.05) is 29.3 Å². The Balaban J connectivity index is 2.33. The van der Waals surface area contributed by atoms with Gasteiger partial charge in [0.15, 0.2) is 0 Å². The van der Waals surface area contributed by atoms with Gasteiger partial charge in [0.1, 0.15) is 0 Å². The van der Waals surface area contributed by atoms with Crippen molar-refractivity contribution in [2.24, 2.45) is 0 Å². The SMILES string of the molecule is Cc1nn2c(-c3ccc(Cl)cc3Cl)cccc2c1C. The minimum Gasteiger partial charge on any atom is -0.233 e. The molecule has 19 heavy (non-hydrogen) atoms. The fourth-order valence-corrected chi connectivity index (χ4v) is 2.71. The minimum absolute atomic E-state index is 0.630. The first kappa shape index (κ1) is 12.5. The van der Waals surface area contributed by atoms with E-state index < -0.39 is 0 Å². The van der Waals surface area contributed by atoms with Crippen molar-refractivity contribution in [3.63, 3.8) is 0 Å². The van der Waals surface area contributed by atoms with E-state index in [0.717, 1.165) is 22.5 Å². The Morgan fingerprint density at radius 2 is 1.84 bits per heavy atom. The summed E-state index contributed by atoms with van der Waals surface area (Å²) in [6.45, 7) is 4.08. The van der Waals surface area contributed by atoms with Crippen LogP contribution >= 0.6 is 23.2 Å². The van der Waals surface area contributed by atoms with Crippen molar-refractivity contribution in [2.45, 2.75) is 13.8 Å². The molecule has 0 amide bonds. The molecule has 0 aliphatic carbocycles. The Morgan fingerprint density at radius 3 is 2.58 bits per heavy atom. The molecule has 0 aliphatic rings. The van der Waals surface area contributed by atoms with E-state index in [0.29, 0.717) is 10.0 Å². The third kappa shape index (κ3) is 2.01. The molecule has 0 atom stereocenters. The van der Waals surface area contributed by atoms with E-state index in [9.17, 15) is 0 Å². The van der Waals surface area contributed by atoms with Gasteiger partial charge >= 0.3 is 0 Å². The highest BCUT2D eigenvalue weighted by atomic mass is 35.5. The van der Waals surface area contributed by atoms with Gasteiger partial charge in [-0.3, -0.25) is 0 Å². The van der Waals surface area contributed by atoms with E-state index >= 15 is 0 Å². The fraction of sp³-hybridized carbons (Fsp3) is 0.133. The molecular formula is C15H12Cl2N2. The minimum atomic E-state index is 0.630. The lowest BCUT2D eigenvalue weighted by molar-refractivity contribution is 0.941. The fourth-order valence-electron chi connectivity index (χ4n) is 2.20. The molecule has 1 aromatic carbocycles. The van der Waals surface area contributed by atoms with Crippen LogP contribution in [0.15, 0.2) is 36.4 Å². The lowest BCUT2D eigenvalue weighted by atomic mass is 10.1. The highest BCUT2D eigenvalue weighted by Gasteiger charge is 2.11. The molecule has 96 valence electrons. The Labute approximate surface area is 121 Å².